The van der Waals surface area contributed by atoms with E-state index in [1.165, 1.54) is 18.2 Å². The molecule has 0 aliphatic carbocycles. The molecule has 0 fully saturated rings. The van der Waals surface area contributed by atoms with Crippen LogP contribution in [0.4, 0.5) is 26.3 Å². The molecule has 0 heterocycles. The van der Waals surface area contributed by atoms with E-state index >= 15 is 0 Å². The highest BCUT2D eigenvalue weighted by Crippen LogP contribution is 2.39. The molecule has 0 aromatic heterocycles. The minimum absolute atomic E-state index is 0.106. The first-order valence-corrected chi connectivity index (χ1v) is 5.80. The quantitative estimate of drug-likeness (QED) is 0.604. The molecular formula is C15H9F6. The number of benzene rings is 2. The zero-order valence-electron chi connectivity index (χ0n) is 10.5. The lowest BCUT2D eigenvalue weighted by molar-refractivity contribution is -0.143. The lowest BCUT2D eigenvalue weighted by Crippen LogP contribution is -2.11. The van der Waals surface area contributed by atoms with Crippen molar-refractivity contribution >= 4 is 0 Å². The third-order valence-electron chi connectivity index (χ3n) is 2.92. The third-order valence-corrected chi connectivity index (χ3v) is 2.92. The summed E-state index contributed by atoms with van der Waals surface area (Å²) in [5, 5.41) is 0. The molecule has 2 rings (SSSR count). The molecule has 0 bridgehead atoms. The van der Waals surface area contributed by atoms with E-state index in [0.717, 1.165) is 0 Å². The maximum Gasteiger partial charge on any atom is 0.416 e. The van der Waals surface area contributed by atoms with Gasteiger partial charge in [-0.3, -0.25) is 0 Å². The van der Waals surface area contributed by atoms with Gasteiger partial charge in [-0.1, -0.05) is 24.3 Å². The Kier molecular flexibility index (Phi) is 3.74. The fraction of sp³-hybridized carbons (Fsp3) is 0.133. The van der Waals surface area contributed by atoms with Crippen LogP contribution in [0, 0.1) is 6.92 Å². The maximum absolute atomic E-state index is 12.8. The molecule has 0 saturated heterocycles. The second kappa shape index (κ2) is 5.09. The maximum atomic E-state index is 12.8. The van der Waals surface area contributed by atoms with Gasteiger partial charge in [0.15, 0.2) is 0 Å². The van der Waals surface area contributed by atoms with Crippen LogP contribution in [-0.4, -0.2) is 0 Å². The Morgan fingerprint density at radius 2 is 1.19 bits per heavy atom. The van der Waals surface area contributed by atoms with Crippen molar-refractivity contribution in [3.63, 3.8) is 0 Å². The Labute approximate surface area is 117 Å². The summed E-state index contributed by atoms with van der Waals surface area (Å²) in [4.78, 5) is 0. The van der Waals surface area contributed by atoms with Crippen LogP contribution in [0.1, 0.15) is 16.7 Å². The summed E-state index contributed by atoms with van der Waals surface area (Å²) in [7, 11) is 0. The van der Waals surface area contributed by atoms with Crippen LogP contribution >= 0.6 is 0 Å². The SMILES string of the molecule is [CH2]c1ccccc1-c1cc(C(F)(F)F)cc(C(F)(F)F)c1. The summed E-state index contributed by atoms with van der Waals surface area (Å²) in [5.41, 5.74) is -2.26. The second-order valence-corrected chi connectivity index (χ2v) is 4.45. The average Bonchev–Trinajstić information content (AvgIpc) is 2.36. The fourth-order valence-electron chi connectivity index (χ4n) is 1.91. The monoisotopic (exact) mass is 303 g/mol. The van der Waals surface area contributed by atoms with Crippen LogP contribution < -0.4 is 0 Å². The van der Waals surface area contributed by atoms with E-state index in [-0.39, 0.29) is 17.2 Å². The number of hydrogen-bond acceptors (Lipinski definition) is 0. The van der Waals surface area contributed by atoms with Crippen molar-refractivity contribution in [1.82, 2.24) is 0 Å². The first kappa shape index (κ1) is 15.4. The van der Waals surface area contributed by atoms with Crippen molar-refractivity contribution in [3.8, 4) is 11.1 Å². The minimum Gasteiger partial charge on any atom is -0.166 e. The lowest BCUT2D eigenvalue weighted by atomic mass is 9.96. The van der Waals surface area contributed by atoms with E-state index in [2.05, 4.69) is 6.92 Å². The molecule has 0 N–H and O–H groups in total. The minimum atomic E-state index is -4.86. The first-order valence-electron chi connectivity index (χ1n) is 5.80. The number of hydrogen-bond donors (Lipinski definition) is 0. The summed E-state index contributed by atoms with van der Waals surface area (Å²) in [6, 6.07) is 7.57. The molecule has 0 atom stereocenters. The molecule has 0 aliphatic heterocycles. The molecule has 2 aromatic carbocycles. The van der Waals surface area contributed by atoms with Gasteiger partial charge in [0.2, 0.25) is 0 Å². The average molecular weight is 303 g/mol. The van der Waals surface area contributed by atoms with Crippen molar-refractivity contribution in [2.45, 2.75) is 12.4 Å². The summed E-state index contributed by atoms with van der Waals surface area (Å²) in [5.74, 6) is 0. The summed E-state index contributed by atoms with van der Waals surface area (Å²) in [6.07, 6.45) is -9.71. The second-order valence-electron chi connectivity index (χ2n) is 4.45. The molecule has 21 heavy (non-hydrogen) atoms. The zero-order chi connectivity index (χ0) is 15.8. The largest absolute Gasteiger partial charge is 0.416 e. The van der Waals surface area contributed by atoms with Gasteiger partial charge < -0.3 is 0 Å². The smallest absolute Gasteiger partial charge is 0.166 e. The highest BCUT2D eigenvalue weighted by molar-refractivity contribution is 5.69. The van der Waals surface area contributed by atoms with Gasteiger partial charge in [0.25, 0.3) is 0 Å². The molecule has 0 spiro atoms. The summed E-state index contributed by atoms with van der Waals surface area (Å²) in [6.45, 7) is 3.62. The van der Waals surface area contributed by atoms with Crippen LogP contribution in [-0.2, 0) is 12.4 Å². The summed E-state index contributed by atoms with van der Waals surface area (Å²) < 4.78 is 76.6. The van der Waals surface area contributed by atoms with Crippen molar-refractivity contribution in [3.05, 3.63) is 66.1 Å². The van der Waals surface area contributed by atoms with E-state index in [1.54, 1.807) is 6.07 Å². The lowest BCUT2D eigenvalue weighted by Gasteiger charge is -2.15. The van der Waals surface area contributed by atoms with Crippen LogP contribution in [0.3, 0.4) is 0 Å². The third kappa shape index (κ3) is 3.37. The zero-order valence-corrected chi connectivity index (χ0v) is 10.5. The predicted octanol–water partition coefficient (Wildman–Crippen LogP) is 5.57. The van der Waals surface area contributed by atoms with Gasteiger partial charge in [-0.15, -0.1) is 0 Å². The Balaban J connectivity index is 2.70. The molecule has 0 unspecified atom stereocenters. The van der Waals surface area contributed by atoms with E-state index < -0.39 is 23.5 Å². The van der Waals surface area contributed by atoms with Gasteiger partial charge in [-0.25, -0.2) is 0 Å². The molecule has 0 saturated carbocycles. The van der Waals surface area contributed by atoms with Crippen LogP contribution in [0.2, 0.25) is 0 Å². The topological polar surface area (TPSA) is 0 Å². The normalized spacial score (nSPS) is 12.5. The molecule has 6 heteroatoms. The standard InChI is InChI=1S/C15H9F6/c1-9-4-2-3-5-13(9)10-6-11(14(16,17)18)8-12(7-10)15(19,20)21/h2-8H,1H2. The highest BCUT2D eigenvalue weighted by Gasteiger charge is 2.37. The van der Waals surface area contributed by atoms with Crippen molar-refractivity contribution in [1.29, 1.82) is 0 Å². The van der Waals surface area contributed by atoms with E-state index in [9.17, 15) is 26.3 Å². The highest BCUT2D eigenvalue weighted by atomic mass is 19.4. The Morgan fingerprint density at radius 1 is 0.714 bits per heavy atom. The van der Waals surface area contributed by atoms with E-state index in [1.807, 2.05) is 0 Å². The summed E-state index contributed by atoms with van der Waals surface area (Å²) >= 11 is 0. The van der Waals surface area contributed by atoms with E-state index in [4.69, 9.17) is 0 Å². The molecule has 1 radical (unpaired) electrons. The van der Waals surface area contributed by atoms with Crippen molar-refractivity contribution in [2.75, 3.05) is 0 Å². The van der Waals surface area contributed by atoms with Gasteiger partial charge in [0.1, 0.15) is 0 Å². The number of halogens is 6. The molecule has 2 aromatic rings. The molecule has 111 valence electrons. The van der Waals surface area contributed by atoms with Crippen LogP contribution in [0.25, 0.3) is 11.1 Å². The molecule has 0 aliphatic rings. The van der Waals surface area contributed by atoms with Crippen molar-refractivity contribution < 1.29 is 26.3 Å². The van der Waals surface area contributed by atoms with Crippen LogP contribution in [0.5, 0.6) is 0 Å². The molecule has 0 nitrogen and oxygen atoms in total. The Bertz CT molecular complexity index is 620. The Hall–Kier alpha value is -1.98. The number of alkyl halides is 6. The number of rotatable bonds is 1. The fourth-order valence-corrected chi connectivity index (χ4v) is 1.91. The molecular weight excluding hydrogens is 294 g/mol. The van der Waals surface area contributed by atoms with Gasteiger partial charge >= 0.3 is 12.4 Å². The Morgan fingerprint density at radius 3 is 1.62 bits per heavy atom. The van der Waals surface area contributed by atoms with Crippen LogP contribution in [0.15, 0.2) is 42.5 Å². The van der Waals surface area contributed by atoms with Crippen molar-refractivity contribution in [2.24, 2.45) is 0 Å². The molecule has 0 amide bonds. The first-order chi connectivity index (χ1) is 9.59. The van der Waals surface area contributed by atoms with Gasteiger partial charge in [0, 0.05) is 0 Å². The van der Waals surface area contributed by atoms with Gasteiger partial charge in [-0.05, 0) is 41.8 Å². The van der Waals surface area contributed by atoms with Gasteiger partial charge in [-0.2, -0.15) is 26.3 Å². The van der Waals surface area contributed by atoms with E-state index in [0.29, 0.717) is 17.7 Å². The van der Waals surface area contributed by atoms with Gasteiger partial charge in [0.05, 0.1) is 11.1 Å². The predicted molar refractivity (Wildman–Crippen MR) is 66.3 cm³/mol.